The number of nitrogens with one attached hydrogen (secondary N) is 1. The zero-order valence-corrected chi connectivity index (χ0v) is 11.2. The summed E-state index contributed by atoms with van der Waals surface area (Å²) in [5.41, 5.74) is -0.316. The Hall–Kier alpha value is -0.820. The summed E-state index contributed by atoms with van der Waals surface area (Å²) in [5.74, 6) is 0. The van der Waals surface area contributed by atoms with Gasteiger partial charge in [0.05, 0.1) is 12.9 Å². The second-order valence-corrected chi connectivity index (χ2v) is 6.27. The van der Waals surface area contributed by atoms with Gasteiger partial charge in [-0.25, -0.2) is 4.79 Å². The number of hydrogen-bond donors (Lipinski definition) is 1. The van der Waals surface area contributed by atoms with Gasteiger partial charge in [-0.05, 0) is 20.8 Å². The summed E-state index contributed by atoms with van der Waals surface area (Å²) in [4.78, 5) is 12.9. The molecule has 0 spiro atoms. The van der Waals surface area contributed by atoms with E-state index in [0.29, 0.717) is 0 Å². The normalized spacial score (nSPS) is 12.3. The van der Waals surface area contributed by atoms with Crippen LogP contribution in [0.25, 0.3) is 0 Å². The largest absolute Gasteiger partial charge is 0.333 e. The molecule has 0 bridgehead atoms. The van der Waals surface area contributed by atoms with Crippen LogP contribution >= 0.6 is 0 Å². The van der Waals surface area contributed by atoms with Crippen LogP contribution in [0.15, 0.2) is 0 Å². The van der Waals surface area contributed by atoms with Crippen molar-refractivity contribution in [1.29, 1.82) is 0 Å². The number of likely N-dealkylation sites (N-methyl/N-ethyl adjacent to an activating group) is 1. The van der Waals surface area contributed by atoms with Gasteiger partial charge in [-0.1, -0.05) is 0 Å². The summed E-state index contributed by atoms with van der Waals surface area (Å²) in [5, 5.41) is 2.75. The third-order valence-electron chi connectivity index (χ3n) is 1.55. The quantitative estimate of drug-likeness (QED) is 0.735. The topological polar surface area (TPSA) is 75.7 Å². The van der Waals surface area contributed by atoms with E-state index in [1.54, 1.807) is 7.05 Å². The molecule has 2 amide bonds. The van der Waals surface area contributed by atoms with Crippen LogP contribution in [0.2, 0.25) is 0 Å². The van der Waals surface area contributed by atoms with Crippen LogP contribution in [0.1, 0.15) is 20.8 Å². The SMILES string of the molecule is CN(CCOS(C)(=O)=O)C(=O)NC(C)(C)C. The number of carbonyl (C=O) groups is 1. The highest BCUT2D eigenvalue weighted by atomic mass is 32.2. The minimum absolute atomic E-state index is 0.0348. The van der Waals surface area contributed by atoms with E-state index in [9.17, 15) is 13.2 Å². The lowest BCUT2D eigenvalue weighted by Gasteiger charge is -2.25. The highest BCUT2D eigenvalue weighted by Crippen LogP contribution is 2.00. The lowest BCUT2D eigenvalue weighted by Crippen LogP contribution is -2.47. The van der Waals surface area contributed by atoms with E-state index in [1.807, 2.05) is 20.8 Å². The Kier molecular flexibility index (Phi) is 5.21. The van der Waals surface area contributed by atoms with Gasteiger partial charge in [-0.2, -0.15) is 8.42 Å². The summed E-state index contributed by atoms with van der Waals surface area (Å²) in [6, 6.07) is -0.260. The molecule has 96 valence electrons. The van der Waals surface area contributed by atoms with Crippen molar-refractivity contribution < 1.29 is 17.4 Å². The predicted molar refractivity (Wildman–Crippen MR) is 61.7 cm³/mol. The first kappa shape index (κ1) is 15.2. The lowest BCUT2D eigenvalue weighted by molar-refractivity contribution is 0.188. The van der Waals surface area contributed by atoms with E-state index < -0.39 is 10.1 Å². The molecule has 0 atom stereocenters. The molecular weight excluding hydrogens is 232 g/mol. The zero-order chi connectivity index (χ0) is 13.0. The number of carbonyl (C=O) groups excluding carboxylic acids is 1. The fourth-order valence-electron chi connectivity index (χ4n) is 0.843. The Morgan fingerprint density at radius 1 is 1.38 bits per heavy atom. The fourth-order valence-corrected chi connectivity index (χ4v) is 1.22. The molecule has 0 aliphatic heterocycles. The molecule has 0 rings (SSSR count). The Morgan fingerprint density at radius 3 is 2.25 bits per heavy atom. The van der Waals surface area contributed by atoms with E-state index in [0.717, 1.165) is 6.26 Å². The highest BCUT2D eigenvalue weighted by Gasteiger charge is 2.16. The van der Waals surface area contributed by atoms with Crippen molar-refractivity contribution >= 4 is 16.1 Å². The Morgan fingerprint density at radius 2 is 1.88 bits per heavy atom. The van der Waals surface area contributed by atoms with Crippen LogP contribution in [0.3, 0.4) is 0 Å². The number of urea groups is 1. The van der Waals surface area contributed by atoms with Crippen LogP contribution < -0.4 is 5.32 Å². The molecule has 0 heterocycles. The molecule has 0 aromatic rings. The molecule has 0 aromatic carbocycles. The minimum atomic E-state index is -3.44. The van der Waals surface area contributed by atoms with Gasteiger partial charge >= 0.3 is 6.03 Å². The van der Waals surface area contributed by atoms with Crippen molar-refractivity contribution in [1.82, 2.24) is 10.2 Å². The van der Waals surface area contributed by atoms with Crippen molar-refractivity contribution in [2.75, 3.05) is 26.5 Å². The van der Waals surface area contributed by atoms with Crippen LogP contribution in [0.4, 0.5) is 4.79 Å². The average molecular weight is 252 g/mol. The molecule has 0 unspecified atom stereocenters. The van der Waals surface area contributed by atoms with Crippen molar-refractivity contribution in [2.24, 2.45) is 0 Å². The monoisotopic (exact) mass is 252 g/mol. The maximum absolute atomic E-state index is 11.5. The molecule has 7 heteroatoms. The molecular formula is C9H20N2O4S. The zero-order valence-electron chi connectivity index (χ0n) is 10.4. The maximum atomic E-state index is 11.5. The molecule has 1 N–H and O–H groups in total. The number of amides is 2. The lowest BCUT2D eigenvalue weighted by atomic mass is 10.1. The number of rotatable bonds is 4. The highest BCUT2D eigenvalue weighted by molar-refractivity contribution is 7.85. The standard InChI is InChI=1S/C9H20N2O4S/c1-9(2,3)10-8(12)11(4)6-7-15-16(5,13)14/h6-7H2,1-5H3,(H,10,12). The summed E-state index contributed by atoms with van der Waals surface area (Å²) in [6.07, 6.45) is 0.974. The average Bonchev–Trinajstić information content (AvgIpc) is 1.98. The molecule has 0 fully saturated rings. The predicted octanol–water partition coefficient (Wildman–Crippen LogP) is 0.403. The first-order valence-electron chi connectivity index (χ1n) is 4.89. The molecule has 0 aliphatic carbocycles. The summed E-state index contributed by atoms with van der Waals surface area (Å²) in [7, 11) is -1.86. The molecule has 0 aromatic heterocycles. The Balaban J connectivity index is 3.99. The molecule has 0 radical (unpaired) electrons. The van der Waals surface area contributed by atoms with Crippen molar-refractivity contribution in [3.05, 3.63) is 0 Å². The Bertz CT molecular complexity index is 332. The first-order valence-corrected chi connectivity index (χ1v) is 6.70. The maximum Gasteiger partial charge on any atom is 0.317 e. The van der Waals surface area contributed by atoms with Gasteiger partial charge in [-0.3, -0.25) is 4.18 Å². The molecule has 6 nitrogen and oxygen atoms in total. The summed E-state index contributed by atoms with van der Waals surface area (Å²) in [6.45, 7) is 5.78. The van der Waals surface area contributed by atoms with E-state index in [-0.39, 0.29) is 24.7 Å². The van der Waals surface area contributed by atoms with Gasteiger partial charge in [0.25, 0.3) is 10.1 Å². The van der Waals surface area contributed by atoms with Gasteiger partial charge in [-0.15, -0.1) is 0 Å². The van der Waals surface area contributed by atoms with Crippen molar-refractivity contribution in [3.8, 4) is 0 Å². The molecule has 16 heavy (non-hydrogen) atoms. The third-order valence-corrected chi connectivity index (χ3v) is 2.15. The number of nitrogens with zero attached hydrogens (tertiary/aromatic N) is 1. The van der Waals surface area contributed by atoms with Gasteiger partial charge in [0.1, 0.15) is 0 Å². The van der Waals surface area contributed by atoms with E-state index in [2.05, 4.69) is 9.50 Å². The smallest absolute Gasteiger partial charge is 0.317 e. The molecule has 0 saturated carbocycles. The second-order valence-electron chi connectivity index (χ2n) is 4.63. The first-order chi connectivity index (χ1) is 7.01. The molecule has 0 aliphatic rings. The van der Waals surface area contributed by atoms with Crippen molar-refractivity contribution in [3.63, 3.8) is 0 Å². The number of hydrogen-bond acceptors (Lipinski definition) is 4. The van der Waals surface area contributed by atoms with E-state index >= 15 is 0 Å². The Labute approximate surface area is 97.1 Å². The van der Waals surface area contributed by atoms with Crippen LogP contribution in [-0.4, -0.2) is 51.3 Å². The van der Waals surface area contributed by atoms with Gasteiger partial charge < -0.3 is 10.2 Å². The fraction of sp³-hybridized carbons (Fsp3) is 0.889. The molecule has 0 saturated heterocycles. The van der Waals surface area contributed by atoms with E-state index in [1.165, 1.54) is 4.90 Å². The van der Waals surface area contributed by atoms with Gasteiger partial charge in [0.2, 0.25) is 0 Å². The van der Waals surface area contributed by atoms with Crippen LogP contribution in [0, 0.1) is 0 Å². The van der Waals surface area contributed by atoms with Crippen molar-refractivity contribution in [2.45, 2.75) is 26.3 Å². The van der Waals surface area contributed by atoms with E-state index in [4.69, 9.17) is 0 Å². The summed E-state index contributed by atoms with van der Waals surface area (Å²) >= 11 is 0. The van der Waals surface area contributed by atoms with Crippen LogP contribution in [-0.2, 0) is 14.3 Å². The third kappa shape index (κ3) is 8.49. The van der Waals surface area contributed by atoms with Crippen LogP contribution in [0.5, 0.6) is 0 Å². The summed E-state index contributed by atoms with van der Waals surface area (Å²) < 4.78 is 25.9. The van der Waals surface area contributed by atoms with Gasteiger partial charge in [0, 0.05) is 19.1 Å². The van der Waals surface area contributed by atoms with Gasteiger partial charge in [0.15, 0.2) is 0 Å². The second kappa shape index (κ2) is 5.49. The minimum Gasteiger partial charge on any atom is -0.333 e.